The standard InChI is InChI=1S/C16H10ClNOS2/c17-13-3-1-2-11(8-13)15(19)5-4-14-10-21-16(18-14)12-6-7-20-9-12/h1-10H/b5-4+. The fourth-order valence-electron chi connectivity index (χ4n) is 1.78. The van der Waals surface area contributed by atoms with E-state index in [1.165, 1.54) is 6.08 Å². The Hall–Kier alpha value is -1.75. The van der Waals surface area contributed by atoms with Crippen LogP contribution in [0.25, 0.3) is 16.6 Å². The second-order valence-electron chi connectivity index (χ2n) is 4.30. The molecule has 104 valence electrons. The average Bonchev–Trinajstić information content (AvgIpc) is 3.15. The molecule has 0 fully saturated rings. The first-order valence-electron chi connectivity index (χ1n) is 6.18. The van der Waals surface area contributed by atoms with Crippen LogP contribution in [0.5, 0.6) is 0 Å². The van der Waals surface area contributed by atoms with Gasteiger partial charge in [-0.25, -0.2) is 4.98 Å². The van der Waals surface area contributed by atoms with Gasteiger partial charge in [-0.2, -0.15) is 11.3 Å². The number of hydrogen-bond donors (Lipinski definition) is 0. The number of carbonyl (C=O) groups is 1. The summed E-state index contributed by atoms with van der Waals surface area (Å²) in [5, 5.41) is 7.54. The molecular formula is C16H10ClNOS2. The van der Waals surface area contributed by atoms with Crippen LogP contribution in [0.15, 0.2) is 52.5 Å². The van der Waals surface area contributed by atoms with Gasteiger partial charge in [-0.1, -0.05) is 23.7 Å². The van der Waals surface area contributed by atoms with E-state index in [-0.39, 0.29) is 5.78 Å². The van der Waals surface area contributed by atoms with Crippen LogP contribution in [-0.2, 0) is 0 Å². The van der Waals surface area contributed by atoms with Gasteiger partial charge < -0.3 is 0 Å². The first kappa shape index (κ1) is 14.2. The molecule has 0 radical (unpaired) electrons. The average molecular weight is 332 g/mol. The lowest BCUT2D eigenvalue weighted by Crippen LogP contribution is -1.93. The Balaban J connectivity index is 1.76. The molecule has 0 atom stereocenters. The third-order valence-electron chi connectivity index (χ3n) is 2.80. The van der Waals surface area contributed by atoms with E-state index in [4.69, 9.17) is 11.6 Å². The summed E-state index contributed by atoms with van der Waals surface area (Å²) in [6.45, 7) is 0. The number of benzene rings is 1. The molecule has 1 aromatic carbocycles. The molecule has 0 saturated carbocycles. The number of thiazole rings is 1. The summed E-state index contributed by atoms with van der Waals surface area (Å²) < 4.78 is 0. The minimum absolute atomic E-state index is 0.0809. The molecule has 0 amide bonds. The number of aromatic nitrogens is 1. The van der Waals surface area contributed by atoms with Crippen molar-refractivity contribution in [2.75, 3.05) is 0 Å². The summed E-state index contributed by atoms with van der Waals surface area (Å²) in [5.74, 6) is -0.0809. The van der Waals surface area contributed by atoms with Crippen LogP contribution < -0.4 is 0 Å². The third kappa shape index (κ3) is 3.47. The molecule has 2 heterocycles. The molecule has 5 heteroatoms. The zero-order valence-corrected chi connectivity index (χ0v) is 13.2. The van der Waals surface area contributed by atoms with Crippen molar-refractivity contribution in [1.82, 2.24) is 4.98 Å². The van der Waals surface area contributed by atoms with E-state index in [9.17, 15) is 4.79 Å². The number of halogens is 1. The van der Waals surface area contributed by atoms with Gasteiger partial charge in [-0.15, -0.1) is 11.3 Å². The fraction of sp³-hybridized carbons (Fsp3) is 0. The highest BCUT2D eigenvalue weighted by Gasteiger charge is 2.05. The number of rotatable bonds is 4. The van der Waals surface area contributed by atoms with Gasteiger partial charge in [0.25, 0.3) is 0 Å². The van der Waals surface area contributed by atoms with Crippen molar-refractivity contribution < 1.29 is 4.79 Å². The normalized spacial score (nSPS) is 11.1. The van der Waals surface area contributed by atoms with E-state index in [2.05, 4.69) is 10.4 Å². The lowest BCUT2D eigenvalue weighted by atomic mass is 10.1. The van der Waals surface area contributed by atoms with Crippen LogP contribution in [0.2, 0.25) is 5.02 Å². The van der Waals surface area contributed by atoms with Crippen molar-refractivity contribution >= 4 is 46.1 Å². The molecule has 0 unspecified atom stereocenters. The predicted molar refractivity (Wildman–Crippen MR) is 90.2 cm³/mol. The van der Waals surface area contributed by atoms with Gasteiger partial charge in [0.05, 0.1) is 5.69 Å². The second kappa shape index (κ2) is 6.35. The Bertz CT molecular complexity index is 790. The number of carbonyl (C=O) groups excluding carboxylic acids is 1. The maximum absolute atomic E-state index is 12.0. The summed E-state index contributed by atoms with van der Waals surface area (Å²) in [6, 6.07) is 8.95. The van der Waals surface area contributed by atoms with Gasteiger partial charge in [-0.3, -0.25) is 4.79 Å². The summed E-state index contributed by atoms with van der Waals surface area (Å²) in [6.07, 6.45) is 3.26. The molecule has 0 aliphatic heterocycles. The number of nitrogens with zero attached hydrogens (tertiary/aromatic N) is 1. The lowest BCUT2D eigenvalue weighted by molar-refractivity contribution is 0.104. The molecule has 0 saturated heterocycles. The molecule has 0 N–H and O–H groups in total. The van der Waals surface area contributed by atoms with Gasteiger partial charge in [0.15, 0.2) is 5.78 Å². The van der Waals surface area contributed by atoms with Crippen molar-refractivity contribution in [2.24, 2.45) is 0 Å². The quantitative estimate of drug-likeness (QED) is 0.472. The summed E-state index contributed by atoms with van der Waals surface area (Å²) >= 11 is 9.09. The Labute approximate surface area is 135 Å². The molecule has 0 spiro atoms. The van der Waals surface area contributed by atoms with Crippen molar-refractivity contribution in [3.8, 4) is 10.6 Å². The first-order chi connectivity index (χ1) is 10.2. The van der Waals surface area contributed by atoms with Crippen molar-refractivity contribution in [1.29, 1.82) is 0 Å². The van der Waals surface area contributed by atoms with Crippen molar-refractivity contribution in [3.05, 3.63) is 68.8 Å². The molecule has 21 heavy (non-hydrogen) atoms. The molecule has 3 rings (SSSR count). The zero-order chi connectivity index (χ0) is 14.7. The number of hydrogen-bond acceptors (Lipinski definition) is 4. The zero-order valence-electron chi connectivity index (χ0n) is 10.8. The Kier molecular flexibility index (Phi) is 4.29. The van der Waals surface area contributed by atoms with E-state index in [0.717, 1.165) is 16.3 Å². The van der Waals surface area contributed by atoms with Gasteiger partial charge >= 0.3 is 0 Å². The third-order valence-corrected chi connectivity index (χ3v) is 4.63. The summed E-state index contributed by atoms with van der Waals surface area (Å²) in [7, 11) is 0. The highest BCUT2D eigenvalue weighted by Crippen LogP contribution is 2.26. The second-order valence-corrected chi connectivity index (χ2v) is 6.37. The minimum atomic E-state index is -0.0809. The number of allylic oxidation sites excluding steroid dienone is 1. The molecule has 0 aliphatic carbocycles. The molecule has 0 bridgehead atoms. The summed E-state index contributed by atoms with van der Waals surface area (Å²) in [4.78, 5) is 16.5. The van der Waals surface area contributed by atoms with Crippen LogP contribution in [0.3, 0.4) is 0 Å². The maximum atomic E-state index is 12.0. The predicted octanol–water partition coefficient (Wildman–Crippen LogP) is 5.42. The largest absolute Gasteiger partial charge is 0.289 e. The smallest absolute Gasteiger partial charge is 0.185 e. The minimum Gasteiger partial charge on any atom is -0.289 e. The molecule has 2 nitrogen and oxygen atoms in total. The highest BCUT2D eigenvalue weighted by atomic mass is 35.5. The number of thiophene rings is 1. The van der Waals surface area contributed by atoms with E-state index in [0.29, 0.717) is 10.6 Å². The number of ketones is 1. The lowest BCUT2D eigenvalue weighted by Gasteiger charge is -1.95. The van der Waals surface area contributed by atoms with Crippen molar-refractivity contribution in [3.63, 3.8) is 0 Å². The van der Waals surface area contributed by atoms with Crippen LogP contribution in [0.1, 0.15) is 16.1 Å². The molecular weight excluding hydrogens is 322 g/mol. The van der Waals surface area contributed by atoms with Crippen molar-refractivity contribution in [2.45, 2.75) is 0 Å². The van der Waals surface area contributed by atoms with E-state index < -0.39 is 0 Å². The molecule has 0 aliphatic rings. The first-order valence-corrected chi connectivity index (χ1v) is 8.38. The van der Waals surface area contributed by atoms with Crippen LogP contribution in [-0.4, -0.2) is 10.8 Å². The Morgan fingerprint density at radius 3 is 2.90 bits per heavy atom. The Morgan fingerprint density at radius 2 is 2.14 bits per heavy atom. The van der Waals surface area contributed by atoms with Gasteiger partial charge in [-0.05, 0) is 35.7 Å². The molecule has 2 aromatic heterocycles. The van der Waals surface area contributed by atoms with Gasteiger partial charge in [0, 0.05) is 26.9 Å². The van der Waals surface area contributed by atoms with Gasteiger partial charge in [0.1, 0.15) is 5.01 Å². The van der Waals surface area contributed by atoms with Crippen LogP contribution in [0, 0.1) is 0 Å². The monoisotopic (exact) mass is 331 g/mol. The van der Waals surface area contributed by atoms with E-state index in [1.807, 2.05) is 16.8 Å². The van der Waals surface area contributed by atoms with Gasteiger partial charge in [0.2, 0.25) is 0 Å². The van der Waals surface area contributed by atoms with Crippen LogP contribution >= 0.6 is 34.3 Å². The van der Waals surface area contributed by atoms with Crippen LogP contribution in [0.4, 0.5) is 0 Å². The topological polar surface area (TPSA) is 30.0 Å². The van der Waals surface area contributed by atoms with E-state index >= 15 is 0 Å². The molecule has 3 aromatic rings. The SMILES string of the molecule is O=C(/C=C/c1csc(-c2ccsc2)n1)c1cccc(Cl)c1. The highest BCUT2D eigenvalue weighted by molar-refractivity contribution is 7.14. The fourth-order valence-corrected chi connectivity index (χ4v) is 3.47. The van der Waals surface area contributed by atoms with E-state index in [1.54, 1.807) is 53.0 Å². The maximum Gasteiger partial charge on any atom is 0.185 e. The summed E-state index contributed by atoms with van der Waals surface area (Å²) in [5.41, 5.74) is 2.48. The Morgan fingerprint density at radius 1 is 1.24 bits per heavy atom.